The minimum atomic E-state index is -0.309. The Morgan fingerprint density at radius 1 is 1.11 bits per heavy atom. The molecule has 1 heterocycles. The Labute approximate surface area is 227 Å². The molecule has 2 N–H and O–H groups in total. The Bertz CT molecular complexity index is 1200. The number of nitrogens with zero attached hydrogens (tertiary/aromatic N) is 3. The van der Waals surface area contributed by atoms with Gasteiger partial charge in [0.05, 0.1) is 18.9 Å². The van der Waals surface area contributed by atoms with Crippen LogP contribution < -0.4 is 15.4 Å². The van der Waals surface area contributed by atoms with Crippen LogP contribution in [0.5, 0.6) is 5.75 Å². The van der Waals surface area contributed by atoms with Crippen LogP contribution in [0.4, 0.5) is 5.69 Å². The number of nitrogens with one attached hydrogen (secondary N) is 2. The van der Waals surface area contributed by atoms with E-state index in [0.717, 1.165) is 29.0 Å². The van der Waals surface area contributed by atoms with Gasteiger partial charge in [0.15, 0.2) is 11.0 Å². The SMILES string of the molecule is CCc1cccc(C)c1NC(=O)CSc1nnc(C(CCSC)NC(=O)c2ccc(OC)cc2)n1CC. The third-order valence-electron chi connectivity index (χ3n) is 5.98. The topological polar surface area (TPSA) is 98.1 Å². The number of aryl methyl sites for hydroxylation is 2. The van der Waals surface area contributed by atoms with Crippen molar-refractivity contribution >= 4 is 41.0 Å². The highest BCUT2D eigenvalue weighted by Gasteiger charge is 2.23. The quantitative estimate of drug-likeness (QED) is 0.289. The van der Waals surface area contributed by atoms with Crippen LogP contribution in [0.1, 0.15) is 53.6 Å². The molecule has 0 spiro atoms. The van der Waals surface area contributed by atoms with Crippen LogP contribution in [-0.2, 0) is 17.8 Å². The Hall–Kier alpha value is -2.98. The van der Waals surface area contributed by atoms with E-state index < -0.39 is 0 Å². The summed E-state index contributed by atoms with van der Waals surface area (Å²) in [7, 11) is 1.59. The van der Waals surface area contributed by atoms with E-state index in [4.69, 9.17) is 4.74 Å². The van der Waals surface area contributed by atoms with Gasteiger partial charge in [0.25, 0.3) is 5.91 Å². The molecule has 37 heavy (non-hydrogen) atoms. The normalized spacial score (nSPS) is 11.7. The lowest BCUT2D eigenvalue weighted by Crippen LogP contribution is -2.31. The molecule has 0 aliphatic rings. The second-order valence-corrected chi connectivity index (χ2v) is 10.3. The lowest BCUT2D eigenvalue weighted by atomic mass is 10.1. The zero-order chi connectivity index (χ0) is 26.8. The van der Waals surface area contributed by atoms with Crippen molar-refractivity contribution in [1.82, 2.24) is 20.1 Å². The fourth-order valence-electron chi connectivity index (χ4n) is 3.95. The first-order chi connectivity index (χ1) is 17.9. The average molecular weight is 542 g/mol. The van der Waals surface area contributed by atoms with Crippen molar-refractivity contribution in [2.24, 2.45) is 0 Å². The lowest BCUT2D eigenvalue weighted by Gasteiger charge is -2.19. The molecule has 1 aromatic heterocycles. The van der Waals surface area contributed by atoms with Crippen LogP contribution in [0.15, 0.2) is 47.6 Å². The van der Waals surface area contributed by atoms with E-state index in [2.05, 4.69) is 27.8 Å². The summed E-state index contributed by atoms with van der Waals surface area (Å²) in [6.07, 6.45) is 3.59. The summed E-state index contributed by atoms with van der Waals surface area (Å²) in [4.78, 5) is 25.8. The van der Waals surface area contributed by atoms with Gasteiger partial charge in [0.2, 0.25) is 5.91 Å². The van der Waals surface area contributed by atoms with E-state index in [9.17, 15) is 9.59 Å². The third kappa shape index (κ3) is 7.52. The second kappa shape index (κ2) is 14.1. The van der Waals surface area contributed by atoms with Crippen molar-refractivity contribution in [1.29, 1.82) is 0 Å². The molecule has 0 fully saturated rings. The molecule has 1 atom stereocenters. The number of rotatable bonds is 13. The van der Waals surface area contributed by atoms with E-state index in [0.29, 0.717) is 35.3 Å². The maximum absolute atomic E-state index is 13.0. The molecule has 0 aliphatic heterocycles. The molecule has 0 saturated heterocycles. The predicted molar refractivity (Wildman–Crippen MR) is 152 cm³/mol. The first-order valence-corrected chi connectivity index (χ1v) is 14.7. The van der Waals surface area contributed by atoms with Crippen LogP contribution in [0.2, 0.25) is 0 Å². The summed E-state index contributed by atoms with van der Waals surface area (Å²) in [6.45, 7) is 6.70. The highest BCUT2D eigenvalue weighted by molar-refractivity contribution is 7.99. The Morgan fingerprint density at radius 2 is 1.86 bits per heavy atom. The number of hydrogen-bond acceptors (Lipinski definition) is 7. The molecular formula is C27H35N5O3S2. The molecule has 3 rings (SSSR count). The summed E-state index contributed by atoms with van der Waals surface area (Å²) in [5.74, 6) is 2.17. The van der Waals surface area contributed by atoms with Gasteiger partial charge in [-0.1, -0.05) is 36.9 Å². The Morgan fingerprint density at radius 3 is 2.51 bits per heavy atom. The first-order valence-electron chi connectivity index (χ1n) is 12.3. The van der Waals surface area contributed by atoms with Crippen molar-refractivity contribution in [3.8, 4) is 5.75 Å². The number of ether oxygens (including phenoxy) is 1. The second-order valence-electron chi connectivity index (χ2n) is 8.42. The molecule has 3 aromatic rings. The fourth-order valence-corrected chi connectivity index (χ4v) is 5.24. The van der Waals surface area contributed by atoms with Gasteiger partial charge in [-0.25, -0.2) is 0 Å². The monoisotopic (exact) mass is 541 g/mol. The predicted octanol–water partition coefficient (Wildman–Crippen LogP) is 5.13. The first kappa shape index (κ1) is 28.6. The van der Waals surface area contributed by atoms with Gasteiger partial charge in [-0.05, 0) is 74.1 Å². The smallest absolute Gasteiger partial charge is 0.251 e. The van der Waals surface area contributed by atoms with Gasteiger partial charge in [-0.15, -0.1) is 10.2 Å². The van der Waals surface area contributed by atoms with Crippen molar-refractivity contribution in [3.63, 3.8) is 0 Å². The number of anilines is 1. The van der Waals surface area contributed by atoms with Gasteiger partial charge < -0.3 is 19.9 Å². The molecule has 0 radical (unpaired) electrons. The highest BCUT2D eigenvalue weighted by atomic mass is 32.2. The van der Waals surface area contributed by atoms with Gasteiger partial charge >= 0.3 is 0 Å². The maximum atomic E-state index is 13.0. The molecule has 10 heteroatoms. The number of methoxy groups -OCH3 is 1. The van der Waals surface area contributed by atoms with Crippen LogP contribution in [0.3, 0.4) is 0 Å². The minimum absolute atomic E-state index is 0.0899. The van der Waals surface area contributed by atoms with Gasteiger partial charge in [-0.2, -0.15) is 11.8 Å². The number of carbonyl (C=O) groups is 2. The van der Waals surface area contributed by atoms with Crippen molar-refractivity contribution < 1.29 is 14.3 Å². The number of amides is 2. The zero-order valence-electron chi connectivity index (χ0n) is 22.0. The van der Waals surface area contributed by atoms with E-state index in [1.807, 2.05) is 42.9 Å². The molecule has 198 valence electrons. The number of aromatic nitrogens is 3. The van der Waals surface area contributed by atoms with Crippen LogP contribution >= 0.6 is 23.5 Å². The number of carbonyl (C=O) groups excluding carboxylic acids is 2. The summed E-state index contributed by atoms with van der Waals surface area (Å²) in [6, 6.07) is 12.7. The summed E-state index contributed by atoms with van der Waals surface area (Å²) in [5.41, 5.74) is 3.58. The average Bonchev–Trinajstić information content (AvgIpc) is 3.33. The largest absolute Gasteiger partial charge is 0.497 e. The van der Waals surface area contributed by atoms with Crippen LogP contribution in [0, 0.1) is 6.92 Å². The number of benzene rings is 2. The van der Waals surface area contributed by atoms with Gasteiger partial charge in [0.1, 0.15) is 5.75 Å². The summed E-state index contributed by atoms with van der Waals surface area (Å²) >= 11 is 3.05. The van der Waals surface area contributed by atoms with E-state index >= 15 is 0 Å². The molecule has 0 aliphatic carbocycles. The maximum Gasteiger partial charge on any atom is 0.251 e. The number of para-hydroxylation sites is 1. The van der Waals surface area contributed by atoms with E-state index in [1.54, 1.807) is 43.1 Å². The fraction of sp³-hybridized carbons (Fsp3) is 0.407. The van der Waals surface area contributed by atoms with Crippen molar-refractivity contribution in [2.75, 3.05) is 30.2 Å². The van der Waals surface area contributed by atoms with E-state index in [1.165, 1.54) is 11.8 Å². The molecule has 0 bridgehead atoms. The van der Waals surface area contributed by atoms with Gasteiger partial charge in [0, 0.05) is 17.8 Å². The number of hydrogen-bond donors (Lipinski definition) is 2. The minimum Gasteiger partial charge on any atom is -0.497 e. The number of thioether (sulfide) groups is 2. The zero-order valence-corrected chi connectivity index (χ0v) is 23.7. The highest BCUT2D eigenvalue weighted by Crippen LogP contribution is 2.25. The van der Waals surface area contributed by atoms with Crippen LogP contribution in [-0.4, -0.2) is 51.5 Å². The Balaban J connectivity index is 1.73. The Kier molecular flexibility index (Phi) is 10.9. The molecule has 1 unspecified atom stereocenters. The molecule has 2 amide bonds. The molecular weight excluding hydrogens is 506 g/mol. The van der Waals surface area contributed by atoms with E-state index in [-0.39, 0.29) is 23.6 Å². The third-order valence-corrected chi connectivity index (χ3v) is 7.59. The molecule has 2 aromatic carbocycles. The van der Waals surface area contributed by atoms with Crippen molar-refractivity contribution in [2.45, 2.75) is 51.4 Å². The summed E-state index contributed by atoms with van der Waals surface area (Å²) < 4.78 is 7.16. The molecule has 8 nitrogen and oxygen atoms in total. The van der Waals surface area contributed by atoms with Crippen LogP contribution in [0.25, 0.3) is 0 Å². The standard InChI is InChI=1S/C27H35N5O3S2/c1-6-19-10-8-9-18(3)24(19)29-23(33)17-37-27-31-30-25(32(27)7-2)22(15-16-36-5)28-26(34)20-11-13-21(35-4)14-12-20/h8-14,22H,6-7,15-17H2,1-5H3,(H,28,34)(H,29,33). The lowest BCUT2D eigenvalue weighted by molar-refractivity contribution is -0.113. The summed E-state index contributed by atoms with van der Waals surface area (Å²) in [5, 5.41) is 15.6. The molecule has 0 saturated carbocycles. The van der Waals surface area contributed by atoms with Gasteiger partial charge in [-0.3, -0.25) is 9.59 Å². The van der Waals surface area contributed by atoms with Crippen molar-refractivity contribution in [3.05, 3.63) is 65.0 Å².